The van der Waals surface area contributed by atoms with Crippen molar-refractivity contribution in [2.24, 2.45) is 0 Å². The molecule has 0 saturated carbocycles. The number of amides is 1. The summed E-state index contributed by atoms with van der Waals surface area (Å²) in [5, 5.41) is 0. The van der Waals surface area contributed by atoms with Gasteiger partial charge >= 0.3 is 0 Å². The van der Waals surface area contributed by atoms with E-state index in [9.17, 15) is 4.79 Å². The maximum absolute atomic E-state index is 10.5. The second-order valence-electron chi connectivity index (χ2n) is 3.04. The molecule has 0 saturated heterocycles. The molecular formula is C10H11NO3. The molecule has 0 unspecified atom stereocenters. The Labute approximate surface area is 82.0 Å². The Morgan fingerprint density at radius 3 is 2.71 bits per heavy atom. The summed E-state index contributed by atoms with van der Waals surface area (Å²) in [6.07, 6.45) is 0.755. The van der Waals surface area contributed by atoms with E-state index >= 15 is 0 Å². The molecule has 1 amide bonds. The van der Waals surface area contributed by atoms with E-state index in [0.29, 0.717) is 19.0 Å². The van der Waals surface area contributed by atoms with Crippen molar-refractivity contribution in [2.45, 2.75) is 0 Å². The minimum absolute atomic E-state index is 0.557. The van der Waals surface area contributed by atoms with Gasteiger partial charge in [-0.3, -0.25) is 4.79 Å². The summed E-state index contributed by atoms with van der Waals surface area (Å²) in [6, 6.07) is 5.43. The maximum atomic E-state index is 10.5. The van der Waals surface area contributed by atoms with Gasteiger partial charge in [0.05, 0.1) is 0 Å². The third kappa shape index (κ3) is 1.51. The molecule has 4 nitrogen and oxygen atoms in total. The quantitative estimate of drug-likeness (QED) is 0.659. The highest BCUT2D eigenvalue weighted by atomic mass is 16.6. The number of fused-ring (bicyclic) bond motifs is 1. The highest BCUT2D eigenvalue weighted by molar-refractivity contribution is 5.75. The topological polar surface area (TPSA) is 38.8 Å². The molecule has 0 radical (unpaired) electrons. The average molecular weight is 193 g/mol. The summed E-state index contributed by atoms with van der Waals surface area (Å²) < 4.78 is 10.8. The van der Waals surface area contributed by atoms with E-state index in [1.165, 1.54) is 4.90 Å². The third-order valence-electron chi connectivity index (χ3n) is 2.09. The largest absolute Gasteiger partial charge is 0.486 e. The Hall–Kier alpha value is -1.71. The molecule has 74 valence electrons. The van der Waals surface area contributed by atoms with Crippen molar-refractivity contribution in [1.82, 2.24) is 0 Å². The van der Waals surface area contributed by atoms with Crippen LogP contribution in [0.3, 0.4) is 0 Å². The third-order valence-corrected chi connectivity index (χ3v) is 2.09. The molecule has 0 aliphatic carbocycles. The highest BCUT2D eigenvalue weighted by Gasteiger charge is 2.12. The maximum Gasteiger partial charge on any atom is 0.213 e. The Balaban J connectivity index is 2.33. The van der Waals surface area contributed by atoms with Crippen LogP contribution in [0.15, 0.2) is 18.2 Å². The van der Waals surface area contributed by atoms with E-state index < -0.39 is 0 Å². The standard InChI is InChI=1S/C10H11NO3/c1-11(7-12)8-2-3-9-10(6-8)14-5-4-13-9/h2-3,6-7H,4-5H2,1H3. The van der Waals surface area contributed by atoms with Gasteiger partial charge in [-0.15, -0.1) is 0 Å². The summed E-state index contributed by atoms with van der Waals surface area (Å²) >= 11 is 0. The van der Waals surface area contributed by atoms with Gasteiger partial charge in [0.2, 0.25) is 6.41 Å². The molecule has 0 bridgehead atoms. The number of benzene rings is 1. The van der Waals surface area contributed by atoms with Crippen LogP contribution in [0.1, 0.15) is 0 Å². The monoisotopic (exact) mass is 193 g/mol. The number of nitrogens with zero attached hydrogens (tertiary/aromatic N) is 1. The van der Waals surface area contributed by atoms with E-state index in [0.717, 1.165) is 17.8 Å². The smallest absolute Gasteiger partial charge is 0.213 e. The molecule has 2 rings (SSSR count). The second-order valence-corrected chi connectivity index (χ2v) is 3.04. The van der Waals surface area contributed by atoms with Crippen molar-refractivity contribution >= 4 is 12.1 Å². The first-order chi connectivity index (χ1) is 6.81. The van der Waals surface area contributed by atoms with Gasteiger partial charge in [-0.25, -0.2) is 0 Å². The zero-order valence-corrected chi connectivity index (χ0v) is 7.90. The fourth-order valence-corrected chi connectivity index (χ4v) is 1.31. The molecule has 14 heavy (non-hydrogen) atoms. The summed E-state index contributed by atoms with van der Waals surface area (Å²) in [5.41, 5.74) is 0.796. The van der Waals surface area contributed by atoms with Gasteiger partial charge in [-0.05, 0) is 12.1 Å². The van der Waals surface area contributed by atoms with Crippen LogP contribution in [-0.4, -0.2) is 26.7 Å². The zero-order chi connectivity index (χ0) is 9.97. The molecule has 0 fully saturated rings. The number of anilines is 1. The van der Waals surface area contributed by atoms with Crippen LogP contribution in [0, 0.1) is 0 Å². The predicted molar refractivity (Wildman–Crippen MR) is 51.9 cm³/mol. The fraction of sp³-hybridized carbons (Fsp3) is 0.300. The summed E-state index contributed by atoms with van der Waals surface area (Å²) in [7, 11) is 1.69. The zero-order valence-electron chi connectivity index (χ0n) is 7.90. The fourth-order valence-electron chi connectivity index (χ4n) is 1.31. The molecule has 1 aliphatic rings. The van der Waals surface area contributed by atoms with Gasteiger partial charge in [0.25, 0.3) is 0 Å². The molecule has 1 aliphatic heterocycles. The summed E-state index contributed by atoms with van der Waals surface area (Å²) in [4.78, 5) is 12.0. The van der Waals surface area contributed by atoms with Gasteiger partial charge in [0.1, 0.15) is 13.2 Å². The lowest BCUT2D eigenvalue weighted by molar-refractivity contribution is -0.107. The molecule has 1 aromatic carbocycles. The number of ether oxygens (including phenoxy) is 2. The van der Waals surface area contributed by atoms with Crippen LogP contribution in [0.4, 0.5) is 5.69 Å². The van der Waals surface area contributed by atoms with Gasteiger partial charge in [-0.2, -0.15) is 0 Å². The minimum Gasteiger partial charge on any atom is -0.486 e. The Morgan fingerprint density at radius 2 is 2.00 bits per heavy atom. The van der Waals surface area contributed by atoms with E-state index in [4.69, 9.17) is 9.47 Å². The van der Waals surface area contributed by atoms with Gasteiger partial charge < -0.3 is 14.4 Å². The van der Waals surface area contributed by atoms with E-state index in [1.54, 1.807) is 13.1 Å². The van der Waals surface area contributed by atoms with Crippen LogP contribution in [0.5, 0.6) is 11.5 Å². The van der Waals surface area contributed by atoms with Crippen molar-refractivity contribution in [3.8, 4) is 11.5 Å². The van der Waals surface area contributed by atoms with Crippen molar-refractivity contribution in [1.29, 1.82) is 0 Å². The van der Waals surface area contributed by atoms with Gasteiger partial charge in [0, 0.05) is 18.8 Å². The first kappa shape index (κ1) is 8.87. The molecular weight excluding hydrogens is 182 g/mol. The van der Waals surface area contributed by atoms with Gasteiger partial charge in [-0.1, -0.05) is 0 Å². The number of carbonyl (C=O) groups is 1. The summed E-state index contributed by atoms with van der Waals surface area (Å²) in [5.74, 6) is 1.43. The Bertz CT molecular complexity index is 351. The first-order valence-electron chi connectivity index (χ1n) is 4.39. The van der Waals surface area contributed by atoms with E-state index in [1.807, 2.05) is 12.1 Å². The molecule has 1 heterocycles. The van der Waals surface area contributed by atoms with Crippen molar-refractivity contribution in [2.75, 3.05) is 25.2 Å². The second kappa shape index (κ2) is 3.57. The molecule has 0 aromatic heterocycles. The molecule has 4 heteroatoms. The van der Waals surface area contributed by atoms with Crippen LogP contribution in [-0.2, 0) is 4.79 Å². The van der Waals surface area contributed by atoms with Crippen LogP contribution in [0.2, 0.25) is 0 Å². The van der Waals surface area contributed by atoms with E-state index in [2.05, 4.69) is 0 Å². The normalized spacial score (nSPS) is 13.5. The number of carbonyl (C=O) groups excluding carboxylic acids is 1. The Morgan fingerprint density at radius 1 is 1.29 bits per heavy atom. The lowest BCUT2D eigenvalue weighted by atomic mass is 10.2. The Kier molecular flexibility index (Phi) is 2.26. The average Bonchev–Trinajstić information content (AvgIpc) is 2.27. The van der Waals surface area contributed by atoms with Crippen LogP contribution < -0.4 is 14.4 Å². The van der Waals surface area contributed by atoms with Gasteiger partial charge in [0.15, 0.2) is 11.5 Å². The number of hydrogen-bond acceptors (Lipinski definition) is 3. The molecule has 0 N–H and O–H groups in total. The van der Waals surface area contributed by atoms with E-state index in [-0.39, 0.29) is 0 Å². The van der Waals surface area contributed by atoms with Crippen molar-refractivity contribution in [3.05, 3.63) is 18.2 Å². The SMILES string of the molecule is CN(C=O)c1ccc2c(c1)OCCO2. The molecule has 1 aromatic rings. The lowest BCUT2D eigenvalue weighted by Crippen LogP contribution is -2.17. The van der Waals surface area contributed by atoms with Crippen LogP contribution >= 0.6 is 0 Å². The van der Waals surface area contributed by atoms with Crippen molar-refractivity contribution in [3.63, 3.8) is 0 Å². The lowest BCUT2D eigenvalue weighted by Gasteiger charge is -2.20. The molecule has 0 atom stereocenters. The van der Waals surface area contributed by atoms with Crippen LogP contribution in [0.25, 0.3) is 0 Å². The highest BCUT2D eigenvalue weighted by Crippen LogP contribution is 2.33. The molecule has 0 spiro atoms. The summed E-state index contributed by atoms with van der Waals surface area (Å²) in [6.45, 7) is 1.14. The number of hydrogen-bond donors (Lipinski definition) is 0. The first-order valence-corrected chi connectivity index (χ1v) is 4.39. The van der Waals surface area contributed by atoms with Crippen molar-refractivity contribution < 1.29 is 14.3 Å². The minimum atomic E-state index is 0.557. The predicted octanol–water partition coefficient (Wildman–Crippen LogP) is 1.05. The number of rotatable bonds is 2.